The number of hydrogen-bond acceptors (Lipinski definition) is 4. The van der Waals surface area contributed by atoms with E-state index in [1.807, 2.05) is 20.8 Å². The van der Waals surface area contributed by atoms with Gasteiger partial charge in [-0.1, -0.05) is 0 Å². The van der Waals surface area contributed by atoms with E-state index in [-0.39, 0.29) is 12.4 Å². The molecular formula is C15H20N2O4. The van der Waals surface area contributed by atoms with Gasteiger partial charge in [-0.2, -0.15) is 0 Å². The summed E-state index contributed by atoms with van der Waals surface area (Å²) in [6.07, 6.45) is 0. The largest absolute Gasteiger partial charge is 0.484 e. The quantitative estimate of drug-likeness (QED) is 0.830. The maximum atomic E-state index is 11.5. The van der Waals surface area contributed by atoms with Gasteiger partial charge in [-0.25, -0.2) is 4.79 Å². The van der Waals surface area contributed by atoms with Crippen LogP contribution >= 0.6 is 0 Å². The van der Waals surface area contributed by atoms with Crippen LogP contribution < -0.4 is 15.4 Å². The lowest BCUT2D eigenvalue weighted by molar-refractivity contribution is -0.122. The summed E-state index contributed by atoms with van der Waals surface area (Å²) >= 11 is 0. The molecule has 0 spiro atoms. The van der Waals surface area contributed by atoms with Crippen molar-refractivity contribution in [2.24, 2.45) is 0 Å². The van der Waals surface area contributed by atoms with Gasteiger partial charge in [-0.15, -0.1) is 0 Å². The van der Waals surface area contributed by atoms with E-state index in [0.717, 1.165) is 0 Å². The van der Waals surface area contributed by atoms with Gasteiger partial charge in [0.2, 0.25) is 0 Å². The standard InChI is InChI=1S/C15H20N2O4/c1-10(18)11-5-7-12(8-6-11)21-9-13(19)16-14(20)17-15(2,3)4/h5-8H,9H2,1-4H3,(H2,16,17,19,20). The molecule has 0 unspecified atom stereocenters. The van der Waals surface area contributed by atoms with Crippen molar-refractivity contribution in [3.63, 3.8) is 0 Å². The number of carbonyl (C=O) groups is 3. The summed E-state index contributed by atoms with van der Waals surface area (Å²) in [6.45, 7) is 6.62. The van der Waals surface area contributed by atoms with Crippen LogP contribution in [0.1, 0.15) is 38.1 Å². The Morgan fingerprint density at radius 1 is 1.10 bits per heavy atom. The van der Waals surface area contributed by atoms with E-state index in [2.05, 4.69) is 10.6 Å². The van der Waals surface area contributed by atoms with Gasteiger partial charge in [-0.05, 0) is 52.0 Å². The SMILES string of the molecule is CC(=O)c1ccc(OCC(=O)NC(=O)NC(C)(C)C)cc1. The highest BCUT2D eigenvalue weighted by atomic mass is 16.5. The van der Waals surface area contributed by atoms with E-state index < -0.39 is 17.5 Å². The average Bonchev–Trinajstić information content (AvgIpc) is 2.34. The third-order valence-corrected chi connectivity index (χ3v) is 2.37. The van der Waals surface area contributed by atoms with Gasteiger partial charge in [0.1, 0.15) is 5.75 Å². The number of amides is 3. The molecule has 2 N–H and O–H groups in total. The molecule has 0 bridgehead atoms. The van der Waals surface area contributed by atoms with Gasteiger partial charge in [0.05, 0.1) is 0 Å². The molecule has 0 radical (unpaired) electrons. The maximum absolute atomic E-state index is 11.5. The predicted octanol–water partition coefficient (Wildman–Crippen LogP) is 1.89. The van der Waals surface area contributed by atoms with Crippen LogP contribution in [0.3, 0.4) is 0 Å². The van der Waals surface area contributed by atoms with Crippen LogP contribution in [0.2, 0.25) is 0 Å². The second kappa shape index (κ2) is 6.88. The van der Waals surface area contributed by atoms with E-state index >= 15 is 0 Å². The Kier molecular flexibility index (Phi) is 5.46. The number of ketones is 1. The molecule has 1 aromatic carbocycles. The Hall–Kier alpha value is -2.37. The fourth-order valence-electron chi connectivity index (χ4n) is 1.47. The van der Waals surface area contributed by atoms with E-state index in [1.54, 1.807) is 24.3 Å². The van der Waals surface area contributed by atoms with Gasteiger partial charge in [0.15, 0.2) is 12.4 Å². The van der Waals surface area contributed by atoms with Crippen LogP contribution in [0.5, 0.6) is 5.75 Å². The number of nitrogens with one attached hydrogen (secondary N) is 2. The number of hydrogen-bond donors (Lipinski definition) is 2. The van der Waals surface area contributed by atoms with Gasteiger partial charge < -0.3 is 10.1 Å². The highest BCUT2D eigenvalue weighted by Crippen LogP contribution is 2.12. The zero-order valence-electron chi connectivity index (χ0n) is 12.6. The molecule has 3 amide bonds. The minimum Gasteiger partial charge on any atom is -0.484 e. The van der Waals surface area contributed by atoms with Crippen molar-refractivity contribution in [3.05, 3.63) is 29.8 Å². The van der Waals surface area contributed by atoms with Crippen LogP contribution in [0.25, 0.3) is 0 Å². The fraction of sp³-hybridized carbons (Fsp3) is 0.400. The number of imide groups is 1. The molecule has 6 heteroatoms. The highest BCUT2D eigenvalue weighted by molar-refractivity contribution is 5.95. The summed E-state index contributed by atoms with van der Waals surface area (Å²) in [5, 5.41) is 4.77. The summed E-state index contributed by atoms with van der Waals surface area (Å²) in [6, 6.07) is 5.85. The Labute approximate surface area is 123 Å². The molecule has 1 rings (SSSR count). The predicted molar refractivity (Wildman–Crippen MR) is 78.4 cm³/mol. The van der Waals surface area contributed by atoms with Crippen molar-refractivity contribution in [2.75, 3.05) is 6.61 Å². The third-order valence-electron chi connectivity index (χ3n) is 2.37. The van der Waals surface area contributed by atoms with E-state index in [0.29, 0.717) is 11.3 Å². The molecule has 114 valence electrons. The second-order valence-electron chi connectivity index (χ2n) is 5.62. The van der Waals surface area contributed by atoms with Crippen LogP contribution in [-0.2, 0) is 4.79 Å². The van der Waals surface area contributed by atoms with E-state index in [9.17, 15) is 14.4 Å². The number of benzene rings is 1. The summed E-state index contributed by atoms with van der Waals surface area (Å²) in [4.78, 5) is 34.1. The molecule has 0 heterocycles. The van der Waals surface area contributed by atoms with Gasteiger partial charge >= 0.3 is 6.03 Å². The monoisotopic (exact) mass is 292 g/mol. The molecule has 1 aromatic rings. The lowest BCUT2D eigenvalue weighted by Gasteiger charge is -2.20. The lowest BCUT2D eigenvalue weighted by atomic mass is 10.1. The van der Waals surface area contributed by atoms with Crippen molar-refractivity contribution in [2.45, 2.75) is 33.2 Å². The first-order valence-electron chi connectivity index (χ1n) is 6.53. The number of rotatable bonds is 4. The number of Topliss-reactive ketones (excluding diaryl/α,β-unsaturated/α-hetero) is 1. The third kappa shape index (κ3) is 6.56. The van der Waals surface area contributed by atoms with E-state index in [1.165, 1.54) is 6.92 Å². The minimum absolute atomic E-state index is 0.0434. The summed E-state index contributed by atoms with van der Waals surface area (Å²) in [7, 11) is 0. The minimum atomic E-state index is -0.567. The van der Waals surface area contributed by atoms with Crippen LogP contribution in [0.15, 0.2) is 24.3 Å². The summed E-state index contributed by atoms with van der Waals surface area (Å²) < 4.78 is 5.23. The second-order valence-corrected chi connectivity index (χ2v) is 5.62. The molecule has 0 saturated heterocycles. The van der Waals surface area contributed by atoms with E-state index in [4.69, 9.17) is 4.74 Å². The Balaban J connectivity index is 2.42. The molecule has 0 aromatic heterocycles. The summed E-state index contributed by atoms with van der Waals surface area (Å²) in [5.41, 5.74) is 0.143. The Morgan fingerprint density at radius 2 is 1.67 bits per heavy atom. The fourth-order valence-corrected chi connectivity index (χ4v) is 1.47. The molecular weight excluding hydrogens is 272 g/mol. The molecule has 0 aliphatic heterocycles. The van der Waals surface area contributed by atoms with Crippen LogP contribution in [0, 0.1) is 0 Å². The molecule has 0 atom stereocenters. The molecule has 0 fully saturated rings. The Morgan fingerprint density at radius 3 is 2.14 bits per heavy atom. The average molecular weight is 292 g/mol. The zero-order chi connectivity index (χ0) is 16.0. The highest BCUT2D eigenvalue weighted by Gasteiger charge is 2.15. The topological polar surface area (TPSA) is 84.5 Å². The van der Waals surface area contributed by atoms with Crippen molar-refractivity contribution < 1.29 is 19.1 Å². The molecule has 0 aliphatic carbocycles. The molecule has 0 aliphatic rings. The van der Waals surface area contributed by atoms with Gasteiger partial charge in [-0.3, -0.25) is 14.9 Å². The lowest BCUT2D eigenvalue weighted by Crippen LogP contribution is -2.49. The number of urea groups is 1. The number of carbonyl (C=O) groups excluding carboxylic acids is 3. The van der Waals surface area contributed by atoms with Crippen molar-refractivity contribution in [1.82, 2.24) is 10.6 Å². The van der Waals surface area contributed by atoms with Crippen molar-refractivity contribution in [1.29, 1.82) is 0 Å². The van der Waals surface area contributed by atoms with Crippen molar-refractivity contribution in [3.8, 4) is 5.75 Å². The number of ether oxygens (including phenoxy) is 1. The molecule has 21 heavy (non-hydrogen) atoms. The molecule has 6 nitrogen and oxygen atoms in total. The normalized spacial score (nSPS) is 10.7. The summed E-state index contributed by atoms with van der Waals surface area (Å²) in [5.74, 6) is -0.142. The zero-order valence-corrected chi connectivity index (χ0v) is 12.6. The van der Waals surface area contributed by atoms with Crippen LogP contribution in [-0.4, -0.2) is 29.9 Å². The molecule has 0 saturated carbocycles. The maximum Gasteiger partial charge on any atom is 0.321 e. The Bertz CT molecular complexity index is 530. The first kappa shape index (κ1) is 16.7. The smallest absolute Gasteiger partial charge is 0.321 e. The van der Waals surface area contributed by atoms with Gasteiger partial charge in [0.25, 0.3) is 5.91 Å². The first-order chi connectivity index (χ1) is 9.67. The van der Waals surface area contributed by atoms with Crippen LogP contribution in [0.4, 0.5) is 4.79 Å². The van der Waals surface area contributed by atoms with Gasteiger partial charge in [0, 0.05) is 11.1 Å². The first-order valence-corrected chi connectivity index (χ1v) is 6.53. The van der Waals surface area contributed by atoms with Crippen molar-refractivity contribution >= 4 is 17.7 Å².